The van der Waals surface area contributed by atoms with E-state index in [0.717, 1.165) is 0 Å². The molecule has 1 aromatic carbocycles. The minimum Gasteiger partial charge on any atom is -0.377 e. The van der Waals surface area contributed by atoms with Crippen molar-refractivity contribution in [3.63, 3.8) is 0 Å². The molecule has 0 unspecified atom stereocenters. The number of benzene rings is 1. The van der Waals surface area contributed by atoms with Gasteiger partial charge in [-0.15, -0.1) is 0 Å². The Morgan fingerprint density at radius 3 is 2.96 bits per heavy atom. The standard InChI is InChI=1S/C17H16ClN5O3/c1-22-9-11(8-19-22)16-20-15(21-26-16)14-10-25-7-6-23(14)17(24)12-4-2-3-5-13(12)18/h2-5,8-9,14H,6-7,10H2,1H3/t14-/m0/s1. The topological polar surface area (TPSA) is 86.3 Å². The lowest BCUT2D eigenvalue weighted by Gasteiger charge is -2.33. The Morgan fingerprint density at radius 1 is 1.35 bits per heavy atom. The third-order valence-electron chi connectivity index (χ3n) is 4.19. The normalized spacial score (nSPS) is 17.5. The summed E-state index contributed by atoms with van der Waals surface area (Å²) in [5, 5.41) is 8.55. The molecule has 0 aliphatic carbocycles. The maximum absolute atomic E-state index is 13.0. The van der Waals surface area contributed by atoms with Crippen LogP contribution in [0.5, 0.6) is 0 Å². The van der Waals surface area contributed by atoms with Crippen molar-refractivity contribution in [3.05, 3.63) is 53.1 Å². The highest BCUT2D eigenvalue weighted by Crippen LogP contribution is 2.28. The smallest absolute Gasteiger partial charge is 0.261 e. The lowest BCUT2D eigenvalue weighted by molar-refractivity contribution is -0.00576. The number of amides is 1. The Morgan fingerprint density at radius 2 is 2.19 bits per heavy atom. The molecule has 1 amide bonds. The molecule has 0 radical (unpaired) electrons. The maximum atomic E-state index is 13.0. The van der Waals surface area contributed by atoms with Crippen molar-refractivity contribution < 1.29 is 14.1 Å². The Hall–Kier alpha value is -2.71. The monoisotopic (exact) mass is 373 g/mol. The molecule has 1 aliphatic rings. The summed E-state index contributed by atoms with van der Waals surface area (Å²) in [7, 11) is 1.81. The van der Waals surface area contributed by atoms with E-state index in [1.165, 1.54) is 0 Å². The first-order chi connectivity index (χ1) is 12.6. The van der Waals surface area contributed by atoms with Gasteiger partial charge in [0.2, 0.25) is 0 Å². The van der Waals surface area contributed by atoms with Crippen molar-refractivity contribution in [2.75, 3.05) is 19.8 Å². The van der Waals surface area contributed by atoms with Gasteiger partial charge < -0.3 is 14.2 Å². The summed E-state index contributed by atoms with van der Waals surface area (Å²) in [4.78, 5) is 19.1. The lowest BCUT2D eigenvalue weighted by Crippen LogP contribution is -2.44. The zero-order chi connectivity index (χ0) is 18.1. The second-order valence-electron chi connectivity index (χ2n) is 5.93. The molecule has 1 atom stereocenters. The quantitative estimate of drug-likeness (QED) is 0.700. The van der Waals surface area contributed by atoms with Gasteiger partial charge in [0.15, 0.2) is 5.82 Å². The molecule has 3 heterocycles. The first-order valence-electron chi connectivity index (χ1n) is 8.09. The number of aryl methyl sites for hydroxylation is 1. The van der Waals surface area contributed by atoms with Crippen molar-refractivity contribution in [3.8, 4) is 11.5 Å². The summed E-state index contributed by atoms with van der Waals surface area (Å²) >= 11 is 6.18. The number of carbonyl (C=O) groups excluding carboxylic acids is 1. The molecule has 134 valence electrons. The van der Waals surface area contributed by atoms with Gasteiger partial charge in [-0.05, 0) is 12.1 Å². The van der Waals surface area contributed by atoms with Crippen LogP contribution in [0.1, 0.15) is 22.2 Å². The Bertz CT molecular complexity index is 938. The third kappa shape index (κ3) is 3.09. The van der Waals surface area contributed by atoms with Crippen molar-refractivity contribution in [1.29, 1.82) is 0 Å². The number of hydrogen-bond acceptors (Lipinski definition) is 6. The van der Waals surface area contributed by atoms with E-state index in [9.17, 15) is 4.79 Å². The number of halogens is 1. The fourth-order valence-electron chi connectivity index (χ4n) is 2.87. The Labute approximate surface area is 154 Å². The average Bonchev–Trinajstić information content (AvgIpc) is 3.30. The van der Waals surface area contributed by atoms with Gasteiger partial charge in [0.25, 0.3) is 11.8 Å². The average molecular weight is 374 g/mol. The molecule has 3 aromatic rings. The Balaban J connectivity index is 1.63. The molecule has 26 heavy (non-hydrogen) atoms. The zero-order valence-corrected chi connectivity index (χ0v) is 14.8. The second kappa shape index (κ2) is 6.89. The van der Waals surface area contributed by atoms with Crippen LogP contribution in [0.25, 0.3) is 11.5 Å². The molecule has 0 bridgehead atoms. The molecule has 0 spiro atoms. The number of ether oxygens (including phenoxy) is 1. The predicted molar refractivity (Wildman–Crippen MR) is 92.5 cm³/mol. The number of morpholine rings is 1. The van der Waals surface area contributed by atoms with Crippen molar-refractivity contribution in [2.24, 2.45) is 7.05 Å². The van der Waals surface area contributed by atoms with Crippen LogP contribution in [-0.4, -0.2) is 50.5 Å². The number of aromatic nitrogens is 4. The number of hydrogen-bond donors (Lipinski definition) is 0. The zero-order valence-electron chi connectivity index (χ0n) is 14.0. The van der Waals surface area contributed by atoms with Gasteiger partial charge in [0.1, 0.15) is 6.04 Å². The summed E-state index contributed by atoms with van der Waals surface area (Å²) in [5.74, 6) is 0.560. The highest BCUT2D eigenvalue weighted by atomic mass is 35.5. The van der Waals surface area contributed by atoms with E-state index in [2.05, 4.69) is 15.2 Å². The summed E-state index contributed by atoms with van der Waals surface area (Å²) in [5.41, 5.74) is 1.16. The van der Waals surface area contributed by atoms with Crippen LogP contribution in [-0.2, 0) is 11.8 Å². The van der Waals surface area contributed by atoms with Crippen LogP contribution >= 0.6 is 11.6 Å². The molecule has 0 N–H and O–H groups in total. The molecule has 4 rings (SSSR count). The summed E-state index contributed by atoms with van der Waals surface area (Å²) in [6.45, 7) is 1.16. The van der Waals surface area contributed by atoms with Crippen LogP contribution in [0.2, 0.25) is 5.02 Å². The van der Waals surface area contributed by atoms with Gasteiger partial charge in [0, 0.05) is 19.8 Å². The largest absolute Gasteiger partial charge is 0.377 e. The molecule has 1 aliphatic heterocycles. The van der Waals surface area contributed by atoms with E-state index >= 15 is 0 Å². The minimum absolute atomic E-state index is 0.184. The van der Waals surface area contributed by atoms with E-state index in [-0.39, 0.29) is 5.91 Å². The summed E-state index contributed by atoms with van der Waals surface area (Å²) < 4.78 is 12.5. The maximum Gasteiger partial charge on any atom is 0.261 e. The van der Waals surface area contributed by atoms with Crippen molar-refractivity contribution in [1.82, 2.24) is 24.8 Å². The van der Waals surface area contributed by atoms with Gasteiger partial charge in [-0.3, -0.25) is 9.48 Å². The van der Waals surface area contributed by atoms with Crippen LogP contribution in [0, 0.1) is 0 Å². The molecule has 2 aromatic heterocycles. The number of nitrogens with zero attached hydrogens (tertiary/aromatic N) is 5. The predicted octanol–water partition coefficient (Wildman–Crippen LogP) is 2.34. The van der Waals surface area contributed by atoms with E-state index in [1.807, 2.05) is 0 Å². The van der Waals surface area contributed by atoms with Crippen LogP contribution in [0.4, 0.5) is 0 Å². The van der Waals surface area contributed by atoms with E-state index in [1.54, 1.807) is 53.3 Å². The molecule has 0 saturated carbocycles. The first kappa shape index (κ1) is 16.7. The third-order valence-corrected chi connectivity index (χ3v) is 4.51. The highest BCUT2D eigenvalue weighted by Gasteiger charge is 2.33. The van der Waals surface area contributed by atoms with Crippen LogP contribution < -0.4 is 0 Å². The molecular formula is C17H16ClN5O3. The van der Waals surface area contributed by atoms with Gasteiger partial charge in [0.05, 0.1) is 35.6 Å². The molecule has 1 saturated heterocycles. The van der Waals surface area contributed by atoms with E-state index in [4.69, 9.17) is 20.9 Å². The van der Waals surface area contributed by atoms with Crippen LogP contribution in [0.15, 0.2) is 41.2 Å². The fourth-order valence-corrected chi connectivity index (χ4v) is 3.09. The minimum atomic E-state index is -0.443. The van der Waals surface area contributed by atoms with E-state index in [0.29, 0.717) is 47.6 Å². The second-order valence-corrected chi connectivity index (χ2v) is 6.34. The molecule has 9 heteroatoms. The van der Waals surface area contributed by atoms with Gasteiger partial charge in [-0.2, -0.15) is 10.1 Å². The van der Waals surface area contributed by atoms with Crippen LogP contribution in [0.3, 0.4) is 0 Å². The lowest BCUT2D eigenvalue weighted by atomic mass is 10.1. The molecular weight excluding hydrogens is 358 g/mol. The molecule has 1 fully saturated rings. The molecule has 8 nitrogen and oxygen atoms in total. The highest BCUT2D eigenvalue weighted by molar-refractivity contribution is 6.33. The first-order valence-corrected chi connectivity index (χ1v) is 8.47. The van der Waals surface area contributed by atoms with Gasteiger partial charge in [-0.1, -0.05) is 28.9 Å². The number of carbonyl (C=O) groups is 1. The van der Waals surface area contributed by atoms with Crippen molar-refractivity contribution >= 4 is 17.5 Å². The Kier molecular flexibility index (Phi) is 4.44. The van der Waals surface area contributed by atoms with Gasteiger partial charge >= 0.3 is 0 Å². The summed E-state index contributed by atoms with van der Waals surface area (Å²) in [6, 6.07) is 6.52. The van der Waals surface area contributed by atoms with Crippen molar-refractivity contribution in [2.45, 2.75) is 6.04 Å². The number of rotatable bonds is 3. The van der Waals surface area contributed by atoms with E-state index < -0.39 is 6.04 Å². The SMILES string of the molecule is Cn1cc(-c2nc([C@@H]3COCCN3C(=O)c3ccccc3Cl)no2)cn1. The van der Waals surface area contributed by atoms with Gasteiger partial charge in [-0.25, -0.2) is 0 Å². The summed E-state index contributed by atoms with van der Waals surface area (Å²) in [6.07, 6.45) is 3.42. The fraction of sp³-hybridized carbons (Fsp3) is 0.294.